The highest BCUT2D eigenvalue weighted by Crippen LogP contribution is 2.34. The summed E-state index contributed by atoms with van der Waals surface area (Å²) >= 11 is 0. The number of methoxy groups -OCH3 is 1. The lowest BCUT2D eigenvalue weighted by Crippen LogP contribution is -2.25. The molecule has 39 heavy (non-hydrogen) atoms. The molecule has 0 aliphatic carbocycles. The molecule has 0 saturated carbocycles. The smallest absolute Gasteiger partial charge is 0.435 e. The first-order chi connectivity index (χ1) is 18.6. The number of hydrogen-bond donors (Lipinski definition) is 2. The Hall–Kier alpha value is -5.13. The topological polar surface area (TPSA) is 118 Å². The minimum atomic E-state index is -4.95. The van der Waals surface area contributed by atoms with Crippen molar-refractivity contribution >= 4 is 40.9 Å². The summed E-state index contributed by atoms with van der Waals surface area (Å²) in [6.07, 6.45) is -3.94. The number of hydrazone groups is 1. The van der Waals surface area contributed by atoms with E-state index in [-0.39, 0.29) is 34.9 Å². The predicted molar refractivity (Wildman–Crippen MR) is 136 cm³/mol. The number of rotatable bonds is 8. The lowest BCUT2D eigenvalue weighted by Gasteiger charge is -2.12. The minimum absolute atomic E-state index is 0.0368. The zero-order chi connectivity index (χ0) is 28.2. The van der Waals surface area contributed by atoms with E-state index in [2.05, 4.69) is 10.4 Å². The van der Waals surface area contributed by atoms with Crippen molar-refractivity contribution in [2.75, 3.05) is 24.0 Å². The summed E-state index contributed by atoms with van der Waals surface area (Å²) in [5, 5.41) is 15.7. The second kappa shape index (κ2) is 11.1. The van der Waals surface area contributed by atoms with E-state index in [0.717, 1.165) is 18.2 Å². The lowest BCUT2D eigenvalue weighted by molar-refractivity contribution is -0.118. The maximum absolute atomic E-state index is 13.8. The number of hydrogen-bond acceptors (Lipinski definition) is 6. The molecule has 9 nitrogen and oxygen atoms in total. The number of carboxylic acid groups (broad SMARTS) is 1. The molecule has 200 valence electrons. The number of para-hydroxylation sites is 1. The number of amides is 2. The summed E-state index contributed by atoms with van der Waals surface area (Å²) in [4.78, 5) is 36.2. The van der Waals surface area contributed by atoms with Gasteiger partial charge in [0.1, 0.15) is 0 Å². The van der Waals surface area contributed by atoms with Gasteiger partial charge in [-0.1, -0.05) is 24.3 Å². The predicted octanol–water partition coefficient (Wildman–Crippen LogP) is 4.76. The summed E-state index contributed by atoms with van der Waals surface area (Å²) in [7, 11) is 1.31. The third-order valence-corrected chi connectivity index (χ3v) is 5.42. The van der Waals surface area contributed by atoms with Crippen molar-refractivity contribution in [1.29, 1.82) is 0 Å². The zero-order valence-corrected chi connectivity index (χ0v) is 20.2. The van der Waals surface area contributed by atoms with Gasteiger partial charge in [-0.05, 0) is 60.2 Å². The van der Waals surface area contributed by atoms with Crippen molar-refractivity contribution in [2.24, 2.45) is 5.10 Å². The van der Waals surface area contributed by atoms with E-state index in [9.17, 15) is 27.6 Å². The van der Waals surface area contributed by atoms with E-state index in [0.29, 0.717) is 10.7 Å². The Balaban J connectivity index is 1.56. The van der Waals surface area contributed by atoms with E-state index in [4.69, 9.17) is 14.6 Å². The van der Waals surface area contributed by atoms with Gasteiger partial charge in [0.05, 0.1) is 23.9 Å². The average Bonchev–Trinajstić information content (AvgIpc) is 3.24. The molecule has 2 amide bonds. The zero-order valence-electron chi connectivity index (χ0n) is 20.2. The van der Waals surface area contributed by atoms with E-state index in [1.165, 1.54) is 37.4 Å². The van der Waals surface area contributed by atoms with Crippen LogP contribution < -0.4 is 19.8 Å². The fourth-order valence-corrected chi connectivity index (χ4v) is 3.60. The van der Waals surface area contributed by atoms with Crippen molar-refractivity contribution in [3.8, 4) is 11.5 Å². The summed E-state index contributed by atoms with van der Waals surface area (Å²) in [5.74, 6) is -2.44. The van der Waals surface area contributed by atoms with Crippen LogP contribution in [0.3, 0.4) is 0 Å². The molecule has 0 unspecified atom stereocenters. The number of halogens is 3. The van der Waals surface area contributed by atoms with Gasteiger partial charge in [0, 0.05) is 5.69 Å². The number of aromatic carboxylic acids is 1. The summed E-state index contributed by atoms with van der Waals surface area (Å²) < 4.78 is 52.1. The van der Waals surface area contributed by atoms with Crippen molar-refractivity contribution in [2.45, 2.75) is 6.18 Å². The molecule has 3 aromatic rings. The van der Waals surface area contributed by atoms with Crippen molar-refractivity contribution < 1.29 is 42.1 Å². The molecule has 0 bridgehead atoms. The molecule has 0 aromatic heterocycles. The number of carboxylic acids is 1. The molecule has 0 radical (unpaired) electrons. The Labute approximate surface area is 219 Å². The van der Waals surface area contributed by atoms with Crippen LogP contribution in [-0.4, -0.2) is 48.5 Å². The minimum Gasteiger partial charge on any atom is -0.493 e. The number of benzene rings is 3. The van der Waals surface area contributed by atoms with Crippen LogP contribution in [-0.2, 0) is 9.59 Å². The maximum Gasteiger partial charge on any atom is 0.435 e. The van der Waals surface area contributed by atoms with Crippen LogP contribution in [0, 0.1) is 0 Å². The molecule has 0 fully saturated rings. The Morgan fingerprint density at radius 1 is 1.03 bits per heavy atom. The number of anilines is 2. The number of ether oxygens (including phenoxy) is 2. The van der Waals surface area contributed by atoms with Gasteiger partial charge < -0.3 is 19.9 Å². The SMILES string of the molecule is COc1cc(C=C2C(=O)N(c3ccc(C(=O)O)cc3)N=C2C(F)(F)F)ccc1OCC(=O)Nc1ccccc1. The molecule has 1 heterocycles. The maximum atomic E-state index is 13.8. The normalized spacial score (nSPS) is 14.3. The fraction of sp³-hybridized carbons (Fsp3) is 0.111. The Kier molecular flexibility index (Phi) is 7.65. The van der Waals surface area contributed by atoms with Crippen LogP contribution in [0.1, 0.15) is 15.9 Å². The monoisotopic (exact) mass is 539 g/mol. The third-order valence-electron chi connectivity index (χ3n) is 5.42. The summed E-state index contributed by atoms with van der Waals surface area (Å²) in [6, 6.07) is 17.5. The quantitative estimate of drug-likeness (QED) is 0.399. The van der Waals surface area contributed by atoms with Crippen LogP contribution in [0.25, 0.3) is 6.08 Å². The van der Waals surface area contributed by atoms with Gasteiger partial charge in [-0.25, -0.2) is 4.79 Å². The largest absolute Gasteiger partial charge is 0.493 e. The molecule has 12 heteroatoms. The number of nitrogens with zero attached hydrogens (tertiary/aromatic N) is 2. The molecule has 0 spiro atoms. The molecule has 4 rings (SSSR count). The van der Waals surface area contributed by atoms with Gasteiger partial charge in [0.2, 0.25) is 0 Å². The van der Waals surface area contributed by atoms with E-state index >= 15 is 0 Å². The number of nitrogens with one attached hydrogen (secondary N) is 1. The van der Waals surface area contributed by atoms with Gasteiger partial charge in [-0.15, -0.1) is 0 Å². The first-order valence-electron chi connectivity index (χ1n) is 11.3. The molecule has 2 N–H and O–H groups in total. The van der Waals surface area contributed by atoms with Crippen LogP contribution in [0.2, 0.25) is 0 Å². The van der Waals surface area contributed by atoms with Crippen LogP contribution in [0.4, 0.5) is 24.5 Å². The Morgan fingerprint density at radius 3 is 2.33 bits per heavy atom. The Bertz CT molecular complexity index is 1470. The highest BCUT2D eigenvalue weighted by atomic mass is 19.4. The molecule has 1 aliphatic rings. The van der Waals surface area contributed by atoms with E-state index in [1.54, 1.807) is 30.3 Å². The molecular weight excluding hydrogens is 519 g/mol. The van der Waals surface area contributed by atoms with Gasteiger partial charge in [-0.3, -0.25) is 9.59 Å². The van der Waals surface area contributed by atoms with Crippen molar-refractivity contribution in [3.05, 3.63) is 89.5 Å². The standard InChI is InChI=1S/C27H20F3N3O6/c1-38-22-14-16(7-12-21(22)39-15-23(34)31-18-5-3-2-4-6-18)13-20-24(27(28,29)30)32-33(25(20)35)19-10-8-17(9-11-19)26(36)37/h2-14H,15H2,1H3,(H,31,34)(H,36,37). The number of carbonyl (C=O) groups excluding carboxylic acids is 2. The summed E-state index contributed by atoms with van der Waals surface area (Å²) in [6.45, 7) is -0.356. The van der Waals surface area contributed by atoms with E-state index < -0.39 is 35.2 Å². The van der Waals surface area contributed by atoms with Crippen LogP contribution in [0.15, 0.2) is 83.5 Å². The van der Waals surface area contributed by atoms with Gasteiger partial charge in [0.15, 0.2) is 23.8 Å². The van der Waals surface area contributed by atoms with Crippen LogP contribution >= 0.6 is 0 Å². The highest BCUT2D eigenvalue weighted by Gasteiger charge is 2.46. The molecule has 0 atom stereocenters. The molecule has 0 saturated heterocycles. The average molecular weight is 539 g/mol. The van der Waals surface area contributed by atoms with Gasteiger partial charge >= 0.3 is 12.1 Å². The summed E-state index contributed by atoms with van der Waals surface area (Å²) in [5.41, 5.74) is -1.51. The van der Waals surface area contributed by atoms with Crippen molar-refractivity contribution in [1.82, 2.24) is 0 Å². The fourth-order valence-electron chi connectivity index (χ4n) is 3.60. The van der Waals surface area contributed by atoms with Gasteiger partial charge in [0.25, 0.3) is 11.8 Å². The van der Waals surface area contributed by atoms with Crippen LogP contribution in [0.5, 0.6) is 11.5 Å². The Morgan fingerprint density at radius 2 is 1.72 bits per heavy atom. The second-order valence-corrected chi connectivity index (χ2v) is 8.09. The second-order valence-electron chi connectivity index (χ2n) is 8.09. The first kappa shape index (κ1) is 26.9. The van der Waals surface area contributed by atoms with Gasteiger partial charge in [-0.2, -0.15) is 23.3 Å². The van der Waals surface area contributed by atoms with Crippen molar-refractivity contribution in [3.63, 3.8) is 0 Å². The first-order valence-corrected chi connectivity index (χ1v) is 11.3. The third kappa shape index (κ3) is 6.24. The molecular formula is C27H20F3N3O6. The molecule has 1 aliphatic heterocycles. The molecule has 3 aromatic carbocycles. The number of alkyl halides is 3. The lowest BCUT2D eigenvalue weighted by atomic mass is 10.1. The van der Waals surface area contributed by atoms with E-state index in [1.807, 2.05) is 0 Å². The number of carbonyl (C=O) groups is 3. The highest BCUT2D eigenvalue weighted by molar-refractivity contribution is 6.34.